The van der Waals surface area contributed by atoms with Crippen LogP contribution in [0.1, 0.15) is 53.4 Å². The highest BCUT2D eigenvalue weighted by molar-refractivity contribution is 7.99. The van der Waals surface area contributed by atoms with E-state index >= 15 is 0 Å². The molecule has 0 aliphatic rings. The Hall–Kier alpha value is -0.220. The highest BCUT2D eigenvalue weighted by Crippen LogP contribution is 2.09. The molecule has 1 amide bonds. The fraction of sp³-hybridized carbons (Fsp3) is 0.929. The Bertz CT molecular complexity index is 222. The van der Waals surface area contributed by atoms with E-state index < -0.39 is 0 Å². The number of thioether (sulfide) groups is 1. The zero-order valence-electron chi connectivity index (χ0n) is 12.4. The topological polar surface area (TPSA) is 55.1 Å². The van der Waals surface area contributed by atoms with Gasteiger partial charge >= 0.3 is 0 Å². The summed E-state index contributed by atoms with van der Waals surface area (Å²) >= 11 is 1.63. The van der Waals surface area contributed by atoms with Crippen LogP contribution < -0.4 is 11.1 Å². The fourth-order valence-electron chi connectivity index (χ4n) is 1.64. The maximum atomic E-state index is 11.6. The summed E-state index contributed by atoms with van der Waals surface area (Å²) in [7, 11) is 0. The van der Waals surface area contributed by atoms with Crippen LogP contribution in [0.4, 0.5) is 0 Å². The molecule has 0 heterocycles. The van der Waals surface area contributed by atoms with Gasteiger partial charge in [0.25, 0.3) is 0 Å². The van der Waals surface area contributed by atoms with E-state index in [-0.39, 0.29) is 18.0 Å². The van der Waals surface area contributed by atoms with Crippen LogP contribution in [-0.2, 0) is 4.79 Å². The monoisotopic (exact) mass is 274 g/mol. The molecule has 0 saturated heterocycles. The third-order valence-electron chi connectivity index (χ3n) is 2.92. The average Bonchev–Trinajstić information content (AvgIpc) is 2.28. The highest BCUT2D eigenvalue weighted by atomic mass is 32.2. The molecule has 0 aromatic carbocycles. The van der Waals surface area contributed by atoms with E-state index in [1.54, 1.807) is 11.8 Å². The molecule has 3 N–H and O–H groups in total. The largest absolute Gasteiger partial charge is 0.353 e. The molecule has 2 atom stereocenters. The third kappa shape index (κ3) is 10.9. The Morgan fingerprint density at radius 2 is 1.94 bits per heavy atom. The SMILES string of the molecule is CCC(N)CSCC(=O)NC(C)CCCC(C)C. The second-order valence-electron chi connectivity index (χ2n) is 5.48. The second-order valence-corrected chi connectivity index (χ2v) is 6.51. The van der Waals surface area contributed by atoms with Gasteiger partial charge in [-0.25, -0.2) is 0 Å². The Balaban J connectivity index is 3.55. The Morgan fingerprint density at radius 1 is 1.28 bits per heavy atom. The van der Waals surface area contributed by atoms with Gasteiger partial charge in [-0.15, -0.1) is 0 Å². The summed E-state index contributed by atoms with van der Waals surface area (Å²) in [5, 5.41) is 3.04. The molecular weight excluding hydrogens is 244 g/mol. The van der Waals surface area contributed by atoms with Crippen LogP contribution in [0.25, 0.3) is 0 Å². The van der Waals surface area contributed by atoms with Gasteiger partial charge in [0.15, 0.2) is 0 Å². The first-order chi connectivity index (χ1) is 8.45. The molecule has 108 valence electrons. The van der Waals surface area contributed by atoms with Crippen molar-refractivity contribution in [2.24, 2.45) is 11.7 Å². The summed E-state index contributed by atoms with van der Waals surface area (Å²) in [4.78, 5) is 11.6. The van der Waals surface area contributed by atoms with Gasteiger partial charge in [-0.05, 0) is 25.7 Å². The first-order valence-electron chi connectivity index (χ1n) is 7.08. The minimum absolute atomic E-state index is 0.139. The Morgan fingerprint density at radius 3 is 2.50 bits per heavy atom. The maximum absolute atomic E-state index is 11.6. The molecule has 18 heavy (non-hydrogen) atoms. The van der Waals surface area contributed by atoms with Crippen LogP contribution >= 0.6 is 11.8 Å². The van der Waals surface area contributed by atoms with Crippen molar-refractivity contribution in [2.45, 2.75) is 65.5 Å². The minimum Gasteiger partial charge on any atom is -0.353 e. The van der Waals surface area contributed by atoms with Crippen LogP contribution in [-0.4, -0.2) is 29.5 Å². The quantitative estimate of drug-likeness (QED) is 0.644. The molecule has 0 aliphatic heterocycles. The number of carbonyl (C=O) groups excluding carboxylic acids is 1. The van der Waals surface area contributed by atoms with Gasteiger partial charge < -0.3 is 11.1 Å². The molecule has 0 aromatic heterocycles. The van der Waals surface area contributed by atoms with E-state index in [4.69, 9.17) is 5.73 Å². The van der Waals surface area contributed by atoms with Gasteiger partial charge in [0.05, 0.1) is 5.75 Å². The first-order valence-corrected chi connectivity index (χ1v) is 8.23. The van der Waals surface area contributed by atoms with Crippen molar-refractivity contribution in [3.63, 3.8) is 0 Å². The lowest BCUT2D eigenvalue weighted by Gasteiger charge is -2.15. The lowest BCUT2D eigenvalue weighted by Crippen LogP contribution is -2.34. The molecule has 0 saturated carbocycles. The minimum atomic E-state index is 0.139. The van der Waals surface area contributed by atoms with Crippen molar-refractivity contribution >= 4 is 17.7 Å². The molecule has 0 aromatic rings. The van der Waals surface area contributed by atoms with Gasteiger partial charge in [-0.2, -0.15) is 11.8 Å². The maximum Gasteiger partial charge on any atom is 0.230 e. The van der Waals surface area contributed by atoms with E-state index in [1.807, 2.05) is 0 Å². The molecule has 2 unspecified atom stereocenters. The molecular formula is C14H30N2OS. The van der Waals surface area contributed by atoms with Crippen molar-refractivity contribution in [3.05, 3.63) is 0 Å². The van der Waals surface area contributed by atoms with Crippen LogP contribution in [0.2, 0.25) is 0 Å². The lowest BCUT2D eigenvalue weighted by molar-refractivity contribution is -0.119. The number of hydrogen-bond donors (Lipinski definition) is 2. The zero-order valence-corrected chi connectivity index (χ0v) is 13.2. The van der Waals surface area contributed by atoms with Crippen LogP contribution in [0.15, 0.2) is 0 Å². The van der Waals surface area contributed by atoms with Crippen LogP contribution in [0.3, 0.4) is 0 Å². The molecule has 3 nitrogen and oxygen atoms in total. The first kappa shape index (κ1) is 17.8. The Labute approximate surface area is 117 Å². The van der Waals surface area contributed by atoms with Crippen molar-refractivity contribution < 1.29 is 4.79 Å². The number of rotatable bonds is 10. The molecule has 0 fully saturated rings. The second kappa shape index (κ2) is 10.7. The summed E-state index contributed by atoms with van der Waals surface area (Å²) in [5.74, 6) is 2.28. The number of nitrogens with one attached hydrogen (secondary N) is 1. The molecule has 0 spiro atoms. The van der Waals surface area contributed by atoms with E-state index in [2.05, 4.69) is 33.0 Å². The van der Waals surface area contributed by atoms with Gasteiger partial charge in [0, 0.05) is 17.8 Å². The highest BCUT2D eigenvalue weighted by Gasteiger charge is 2.08. The van der Waals surface area contributed by atoms with E-state index in [0.717, 1.165) is 24.5 Å². The van der Waals surface area contributed by atoms with Crippen molar-refractivity contribution in [2.75, 3.05) is 11.5 Å². The van der Waals surface area contributed by atoms with Gasteiger partial charge in [-0.3, -0.25) is 4.79 Å². The molecule has 0 rings (SSSR count). The third-order valence-corrected chi connectivity index (χ3v) is 4.05. The number of amides is 1. The van der Waals surface area contributed by atoms with Gasteiger partial charge in [-0.1, -0.05) is 33.6 Å². The van der Waals surface area contributed by atoms with Crippen molar-refractivity contribution in [3.8, 4) is 0 Å². The summed E-state index contributed by atoms with van der Waals surface area (Å²) in [6, 6.07) is 0.503. The van der Waals surface area contributed by atoms with Crippen LogP contribution in [0.5, 0.6) is 0 Å². The van der Waals surface area contributed by atoms with E-state index in [1.165, 1.54) is 12.8 Å². The van der Waals surface area contributed by atoms with E-state index in [0.29, 0.717) is 5.75 Å². The standard InChI is InChI=1S/C14H30N2OS/c1-5-13(15)9-18-10-14(17)16-12(4)8-6-7-11(2)3/h11-13H,5-10,15H2,1-4H3,(H,16,17). The smallest absolute Gasteiger partial charge is 0.230 e. The summed E-state index contributed by atoms with van der Waals surface area (Å²) in [6.45, 7) is 8.62. The molecule has 0 radical (unpaired) electrons. The Kier molecular flexibility index (Phi) is 10.5. The molecule has 4 heteroatoms. The van der Waals surface area contributed by atoms with Gasteiger partial charge in [0.1, 0.15) is 0 Å². The summed E-state index contributed by atoms with van der Waals surface area (Å²) < 4.78 is 0. The van der Waals surface area contributed by atoms with E-state index in [9.17, 15) is 4.79 Å². The summed E-state index contributed by atoms with van der Waals surface area (Å²) in [6.07, 6.45) is 4.47. The lowest BCUT2D eigenvalue weighted by atomic mass is 10.0. The summed E-state index contributed by atoms with van der Waals surface area (Å²) in [5.41, 5.74) is 5.80. The molecule has 0 bridgehead atoms. The van der Waals surface area contributed by atoms with Crippen molar-refractivity contribution in [1.29, 1.82) is 0 Å². The predicted octanol–water partition coefficient (Wildman–Crippen LogP) is 2.79. The van der Waals surface area contributed by atoms with Crippen LogP contribution in [0, 0.1) is 5.92 Å². The van der Waals surface area contributed by atoms with Crippen molar-refractivity contribution in [1.82, 2.24) is 5.32 Å². The molecule has 0 aliphatic carbocycles. The zero-order chi connectivity index (χ0) is 14.0. The number of hydrogen-bond acceptors (Lipinski definition) is 3. The normalized spacial score (nSPS) is 14.6. The number of carbonyl (C=O) groups is 1. The predicted molar refractivity (Wildman–Crippen MR) is 81.9 cm³/mol. The van der Waals surface area contributed by atoms with Gasteiger partial charge in [0.2, 0.25) is 5.91 Å². The number of nitrogens with two attached hydrogens (primary N) is 1. The fourth-order valence-corrected chi connectivity index (χ4v) is 2.57. The average molecular weight is 274 g/mol.